The first-order valence-electron chi connectivity index (χ1n) is 9.70. The molecule has 2 aromatic rings. The van der Waals surface area contributed by atoms with Gasteiger partial charge < -0.3 is 0 Å². The van der Waals surface area contributed by atoms with Gasteiger partial charge in [-0.15, -0.1) is 0 Å². The molecule has 0 aromatic heterocycles. The van der Waals surface area contributed by atoms with Gasteiger partial charge in [0.1, 0.15) is 5.83 Å². The van der Waals surface area contributed by atoms with E-state index in [4.69, 9.17) is 11.6 Å². The molecule has 158 valence electrons. The Hall–Kier alpha value is -2.21. The summed E-state index contributed by atoms with van der Waals surface area (Å²) in [5.41, 5.74) is 2.30. The molecule has 1 aliphatic rings. The smallest absolute Gasteiger partial charge is 0.207 e. The third-order valence-electron chi connectivity index (χ3n) is 5.45. The zero-order valence-corrected chi connectivity index (χ0v) is 18.8. The average molecular weight is 446 g/mol. The maximum atomic E-state index is 14.6. The summed E-state index contributed by atoms with van der Waals surface area (Å²) in [5, 5.41) is 0.565. The topological polar surface area (TPSA) is 37.4 Å². The molecule has 0 N–H and O–H groups in total. The van der Waals surface area contributed by atoms with Crippen LogP contribution in [0.4, 0.5) is 4.39 Å². The van der Waals surface area contributed by atoms with Crippen LogP contribution in [-0.2, 0) is 10.0 Å². The minimum absolute atomic E-state index is 0.127. The summed E-state index contributed by atoms with van der Waals surface area (Å²) in [7, 11) is -3.96. The van der Waals surface area contributed by atoms with Crippen LogP contribution in [0.1, 0.15) is 37.4 Å². The van der Waals surface area contributed by atoms with Gasteiger partial charge in [0.25, 0.3) is 0 Å². The number of nitrogens with zero attached hydrogens (tertiary/aromatic N) is 1. The number of rotatable bonds is 5. The Bertz CT molecular complexity index is 1120. The van der Waals surface area contributed by atoms with E-state index < -0.39 is 27.9 Å². The summed E-state index contributed by atoms with van der Waals surface area (Å²) in [6.45, 7) is 9.05. The van der Waals surface area contributed by atoms with E-state index in [2.05, 4.69) is 6.58 Å². The van der Waals surface area contributed by atoms with Crippen molar-refractivity contribution in [1.82, 2.24) is 4.31 Å². The number of halogens is 2. The maximum absolute atomic E-state index is 14.6. The minimum Gasteiger partial charge on any atom is -0.207 e. The van der Waals surface area contributed by atoms with Crippen LogP contribution >= 0.6 is 11.6 Å². The largest absolute Gasteiger partial charge is 0.244 e. The lowest BCUT2D eigenvalue weighted by Crippen LogP contribution is -2.46. The highest BCUT2D eigenvalue weighted by atomic mass is 35.5. The molecular formula is C24H25ClFNO2S. The van der Waals surface area contributed by atoms with Crippen LogP contribution in [0.3, 0.4) is 0 Å². The average Bonchev–Trinajstić information content (AvgIpc) is 2.73. The van der Waals surface area contributed by atoms with Crippen LogP contribution in [0.25, 0.3) is 0 Å². The van der Waals surface area contributed by atoms with Crippen molar-refractivity contribution in [3.8, 4) is 0 Å². The van der Waals surface area contributed by atoms with E-state index in [1.54, 1.807) is 50.2 Å². The van der Waals surface area contributed by atoms with Gasteiger partial charge >= 0.3 is 0 Å². The summed E-state index contributed by atoms with van der Waals surface area (Å²) in [6.07, 6.45) is 3.74. The van der Waals surface area contributed by atoms with Gasteiger partial charge in [0, 0.05) is 10.6 Å². The van der Waals surface area contributed by atoms with Crippen molar-refractivity contribution in [3.05, 3.63) is 100 Å². The molecule has 0 saturated heterocycles. The molecule has 0 amide bonds. The molecule has 1 aliphatic heterocycles. The summed E-state index contributed by atoms with van der Waals surface area (Å²) in [6, 6.07) is 12.6. The lowest BCUT2D eigenvalue weighted by molar-refractivity contribution is 0.279. The second-order valence-corrected chi connectivity index (χ2v) is 9.66. The maximum Gasteiger partial charge on any atom is 0.244 e. The van der Waals surface area contributed by atoms with Crippen LogP contribution in [-0.4, -0.2) is 18.8 Å². The Kier molecular flexibility index (Phi) is 6.65. The minimum atomic E-state index is -3.96. The standard InChI is InChI=1S/C24H25ClFNO2S/c1-5-21(26)18(4)24-17(3)10-15-22(19-11-13-20(25)14-12-19)27(24)30(28,29)23-9-7-6-8-16(23)2/h5-14,22,24H,4,15H2,1-3H3/b21-5+/t22-,24+/m0/s1. The number of allylic oxidation sites excluding steroid dienone is 1. The normalized spacial score (nSPS) is 20.7. The van der Waals surface area contributed by atoms with Crippen LogP contribution in [0, 0.1) is 6.92 Å². The molecule has 0 fully saturated rings. The van der Waals surface area contributed by atoms with Crippen molar-refractivity contribution in [1.29, 1.82) is 0 Å². The highest BCUT2D eigenvalue weighted by molar-refractivity contribution is 7.89. The van der Waals surface area contributed by atoms with Crippen molar-refractivity contribution in [3.63, 3.8) is 0 Å². The molecule has 1 heterocycles. The number of benzene rings is 2. The Morgan fingerprint density at radius 1 is 1.17 bits per heavy atom. The van der Waals surface area contributed by atoms with Crippen molar-refractivity contribution >= 4 is 21.6 Å². The lowest BCUT2D eigenvalue weighted by Gasteiger charge is -2.41. The summed E-state index contributed by atoms with van der Waals surface area (Å²) in [5.74, 6) is -0.519. The van der Waals surface area contributed by atoms with Crippen LogP contribution in [0.15, 0.2) is 89.1 Å². The quantitative estimate of drug-likeness (QED) is 0.387. The predicted molar refractivity (Wildman–Crippen MR) is 121 cm³/mol. The second-order valence-electron chi connectivity index (χ2n) is 7.42. The lowest BCUT2D eigenvalue weighted by atomic mass is 9.90. The van der Waals surface area contributed by atoms with Gasteiger partial charge in [0.05, 0.1) is 17.0 Å². The molecule has 0 aliphatic carbocycles. The molecule has 0 bridgehead atoms. The third kappa shape index (κ3) is 4.15. The van der Waals surface area contributed by atoms with Gasteiger partial charge in [-0.1, -0.05) is 66.2 Å². The summed E-state index contributed by atoms with van der Waals surface area (Å²) >= 11 is 6.04. The van der Waals surface area contributed by atoms with Crippen molar-refractivity contribution < 1.29 is 12.8 Å². The van der Waals surface area contributed by atoms with Crippen molar-refractivity contribution in [2.75, 3.05) is 0 Å². The van der Waals surface area contributed by atoms with E-state index in [1.165, 1.54) is 10.4 Å². The van der Waals surface area contributed by atoms with E-state index in [0.717, 1.165) is 11.1 Å². The second kappa shape index (κ2) is 8.88. The molecule has 0 unspecified atom stereocenters. The fraction of sp³-hybridized carbons (Fsp3) is 0.250. The first-order chi connectivity index (χ1) is 14.2. The van der Waals surface area contributed by atoms with Crippen molar-refractivity contribution in [2.24, 2.45) is 0 Å². The molecule has 2 aromatic carbocycles. The fourth-order valence-electron chi connectivity index (χ4n) is 3.87. The van der Waals surface area contributed by atoms with Crippen LogP contribution in [0.2, 0.25) is 5.02 Å². The molecule has 0 saturated carbocycles. The van der Waals surface area contributed by atoms with Crippen molar-refractivity contribution in [2.45, 2.75) is 44.2 Å². The van der Waals surface area contributed by atoms with Crippen LogP contribution in [0.5, 0.6) is 0 Å². The predicted octanol–water partition coefficient (Wildman–Crippen LogP) is 6.53. The number of aryl methyl sites for hydroxylation is 1. The molecule has 3 rings (SSSR count). The zero-order chi connectivity index (χ0) is 22.1. The van der Waals surface area contributed by atoms with Gasteiger partial charge in [-0.2, -0.15) is 4.31 Å². The summed E-state index contributed by atoms with van der Waals surface area (Å²) in [4.78, 5) is 0.206. The molecule has 30 heavy (non-hydrogen) atoms. The van der Waals surface area contributed by atoms with E-state index in [1.807, 2.05) is 25.1 Å². The molecule has 6 heteroatoms. The zero-order valence-electron chi connectivity index (χ0n) is 17.3. The Balaban J connectivity index is 2.24. The Labute approximate surface area is 183 Å². The van der Waals surface area contributed by atoms with Gasteiger partial charge in [-0.3, -0.25) is 0 Å². The molecule has 2 atom stereocenters. The molecule has 0 radical (unpaired) electrons. The molecular weight excluding hydrogens is 421 g/mol. The highest BCUT2D eigenvalue weighted by Gasteiger charge is 2.43. The van der Waals surface area contributed by atoms with Gasteiger partial charge in [-0.05, 0) is 56.5 Å². The van der Waals surface area contributed by atoms with Gasteiger partial charge in [0.15, 0.2) is 0 Å². The van der Waals surface area contributed by atoms with E-state index in [0.29, 0.717) is 17.0 Å². The third-order valence-corrected chi connectivity index (χ3v) is 7.74. The van der Waals surface area contributed by atoms with Gasteiger partial charge in [0.2, 0.25) is 10.0 Å². The number of sulfonamides is 1. The molecule has 3 nitrogen and oxygen atoms in total. The molecule has 0 spiro atoms. The van der Waals surface area contributed by atoms with Gasteiger partial charge in [-0.25, -0.2) is 12.8 Å². The summed E-state index contributed by atoms with van der Waals surface area (Å²) < 4.78 is 43.8. The van der Waals surface area contributed by atoms with Crippen LogP contribution < -0.4 is 0 Å². The van der Waals surface area contributed by atoms with E-state index in [9.17, 15) is 12.8 Å². The Morgan fingerprint density at radius 3 is 2.40 bits per heavy atom. The first-order valence-corrected chi connectivity index (χ1v) is 11.5. The number of hydrogen-bond acceptors (Lipinski definition) is 2. The van der Waals surface area contributed by atoms with E-state index in [-0.39, 0.29) is 10.5 Å². The Morgan fingerprint density at radius 2 is 1.80 bits per heavy atom. The SMILES string of the molecule is C=C(/C(F)=C\C)[C@H]1C(C)=CC[C@@H](c2ccc(Cl)cc2)N1S(=O)(=O)c1ccccc1C. The first kappa shape index (κ1) is 22.5. The monoisotopic (exact) mass is 445 g/mol. The number of hydrogen-bond donors (Lipinski definition) is 0. The van der Waals surface area contributed by atoms with E-state index >= 15 is 0 Å². The highest BCUT2D eigenvalue weighted by Crippen LogP contribution is 2.42. The fourth-order valence-corrected chi connectivity index (χ4v) is 6.06.